The molecule has 21 heavy (non-hydrogen) atoms. The maximum Gasteiger partial charge on any atom is 0.321 e. The number of rotatable bonds is 5. The molecule has 0 bridgehead atoms. The second-order valence-corrected chi connectivity index (χ2v) is 5.87. The lowest BCUT2D eigenvalue weighted by atomic mass is 9.91. The van der Waals surface area contributed by atoms with Gasteiger partial charge in [0.1, 0.15) is 6.04 Å². The lowest BCUT2D eigenvalue weighted by Crippen LogP contribution is -2.44. The van der Waals surface area contributed by atoms with Crippen LogP contribution in [0.15, 0.2) is 24.3 Å². The zero-order chi connectivity index (χ0) is 14.8. The van der Waals surface area contributed by atoms with E-state index in [9.17, 15) is 9.90 Å². The number of carboxylic acids is 1. The zero-order valence-corrected chi connectivity index (χ0v) is 12.4. The molecule has 0 radical (unpaired) electrons. The van der Waals surface area contributed by atoms with Crippen LogP contribution in [-0.4, -0.2) is 22.1 Å². The molecule has 0 fully saturated rings. The molecule has 1 aliphatic heterocycles. The van der Waals surface area contributed by atoms with Crippen molar-refractivity contribution < 1.29 is 9.90 Å². The van der Waals surface area contributed by atoms with E-state index in [2.05, 4.69) is 29.4 Å². The van der Waals surface area contributed by atoms with E-state index in [1.807, 2.05) is 12.1 Å². The van der Waals surface area contributed by atoms with Gasteiger partial charge < -0.3 is 10.1 Å². The molecule has 1 aliphatic rings. The molecule has 3 N–H and O–H groups in total. The molecule has 4 heteroatoms. The molecule has 0 spiro atoms. The van der Waals surface area contributed by atoms with Gasteiger partial charge in [0.2, 0.25) is 0 Å². The third kappa shape index (κ3) is 2.68. The minimum atomic E-state index is -0.758. The lowest BCUT2D eigenvalue weighted by molar-refractivity contribution is -0.139. The highest BCUT2D eigenvalue weighted by molar-refractivity contribution is 5.86. The van der Waals surface area contributed by atoms with Crippen LogP contribution in [-0.2, 0) is 11.2 Å². The number of unbranched alkanes of at least 4 members (excludes halogenated alkanes) is 2. The van der Waals surface area contributed by atoms with Crippen LogP contribution in [0.5, 0.6) is 0 Å². The molecule has 1 aromatic carbocycles. The van der Waals surface area contributed by atoms with Crippen molar-refractivity contribution in [3.05, 3.63) is 35.5 Å². The van der Waals surface area contributed by atoms with Crippen molar-refractivity contribution in [2.75, 3.05) is 0 Å². The van der Waals surface area contributed by atoms with Crippen molar-refractivity contribution in [1.29, 1.82) is 0 Å². The number of para-hydroxylation sites is 1. The summed E-state index contributed by atoms with van der Waals surface area (Å²) in [5.74, 6) is -0.758. The summed E-state index contributed by atoms with van der Waals surface area (Å²) in [7, 11) is 0. The Morgan fingerprint density at radius 1 is 1.33 bits per heavy atom. The third-order valence-corrected chi connectivity index (χ3v) is 4.40. The molecule has 112 valence electrons. The number of carbonyl (C=O) groups is 1. The zero-order valence-electron chi connectivity index (χ0n) is 12.4. The average molecular weight is 286 g/mol. The number of hydrogen-bond acceptors (Lipinski definition) is 2. The van der Waals surface area contributed by atoms with Crippen LogP contribution in [0.25, 0.3) is 10.9 Å². The highest BCUT2D eigenvalue weighted by Crippen LogP contribution is 2.34. The minimum Gasteiger partial charge on any atom is -0.480 e. The van der Waals surface area contributed by atoms with Crippen LogP contribution >= 0.6 is 0 Å². The van der Waals surface area contributed by atoms with Crippen molar-refractivity contribution in [3.63, 3.8) is 0 Å². The average Bonchev–Trinajstić information content (AvgIpc) is 2.86. The number of aromatic nitrogens is 1. The molecular formula is C17H22N2O2. The predicted molar refractivity (Wildman–Crippen MR) is 83.4 cm³/mol. The van der Waals surface area contributed by atoms with E-state index >= 15 is 0 Å². The first-order valence-electron chi connectivity index (χ1n) is 7.79. The summed E-state index contributed by atoms with van der Waals surface area (Å²) in [5, 5.41) is 13.9. The van der Waals surface area contributed by atoms with Crippen LogP contribution in [0.3, 0.4) is 0 Å². The summed E-state index contributed by atoms with van der Waals surface area (Å²) < 4.78 is 0. The van der Waals surface area contributed by atoms with Gasteiger partial charge >= 0.3 is 5.97 Å². The van der Waals surface area contributed by atoms with E-state index in [4.69, 9.17) is 0 Å². The van der Waals surface area contributed by atoms with Gasteiger partial charge in [0.15, 0.2) is 0 Å². The topological polar surface area (TPSA) is 65.1 Å². The first-order valence-corrected chi connectivity index (χ1v) is 7.79. The van der Waals surface area contributed by atoms with Gasteiger partial charge in [0.05, 0.1) is 0 Å². The summed E-state index contributed by atoms with van der Waals surface area (Å²) in [5.41, 5.74) is 3.47. The summed E-state index contributed by atoms with van der Waals surface area (Å²) in [6, 6.07) is 7.81. The number of nitrogens with one attached hydrogen (secondary N) is 2. The second kappa shape index (κ2) is 5.90. The van der Waals surface area contributed by atoms with E-state index in [1.165, 1.54) is 29.5 Å². The molecule has 2 atom stereocenters. The smallest absolute Gasteiger partial charge is 0.321 e. The van der Waals surface area contributed by atoms with Crippen LogP contribution in [0.4, 0.5) is 0 Å². The van der Waals surface area contributed by atoms with Crippen LogP contribution in [0.2, 0.25) is 0 Å². The molecular weight excluding hydrogens is 264 g/mol. The SMILES string of the molecule is CCCCC[C@H]1N[C@@H](C(=O)O)Cc2c1[nH]c1ccccc21. The monoisotopic (exact) mass is 286 g/mol. The molecule has 4 nitrogen and oxygen atoms in total. The Kier molecular flexibility index (Phi) is 3.97. The Labute approximate surface area is 124 Å². The van der Waals surface area contributed by atoms with Crippen molar-refractivity contribution in [2.45, 2.75) is 51.1 Å². The third-order valence-electron chi connectivity index (χ3n) is 4.40. The molecule has 0 unspecified atom stereocenters. The van der Waals surface area contributed by atoms with Crippen molar-refractivity contribution in [3.8, 4) is 0 Å². The van der Waals surface area contributed by atoms with Gasteiger partial charge in [0.25, 0.3) is 0 Å². The van der Waals surface area contributed by atoms with Gasteiger partial charge in [-0.15, -0.1) is 0 Å². The van der Waals surface area contributed by atoms with Gasteiger partial charge in [-0.2, -0.15) is 0 Å². The number of benzene rings is 1. The quantitative estimate of drug-likeness (QED) is 0.738. The maximum absolute atomic E-state index is 11.4. The Morgan fingerprint density at radius 3 is 2.90 bits per heavy atom. The predicted octanol–water partition coefficient (Wildman–Crippen LogP) is 3.39. The van der Waals surface area contributed by atoms with E-state index in [-0.39, 0.29) is 6.04 Å². The number of aliphatic carboxylic acids is 1. The molecule has 3 rings (SSSR count). The standard InChI is InChI=1S/C17H22N2O2/c1-2-3-4-9-14-16-12(10-15(18-14)17(20)21)11-7-5-6-8-13(11)19-16/h5-8,14-15,18-19H,2-4,9-10H2,1H3,(H,20,21)/t14-,15-/m1/s1. The van der Waals surface area contributed by atoms with Gasteiger partial charge in [-0.05, 0) is 18.1 Å². The summed E-state index contributed by atoms with van der Waals surface area (Å²) >= 11 is 0. The number of aromatic amines is 1. The van der Waals surface area contributed by atoms with Gasteiger partial charge in [-0.25, -0.2) is 0 Å². The first kappa shape index (κ1) is 14.1. The number of hydrogen-bond donors (Lipinski definition) is 3. The van der Waals surface area contributed by atoms with Crippen molar-refractivity contribution in [1.82, 2.24) is 10.3 Å². The van der Waals surface area contributed by atoms with Crippen molar-refractivity contribution in [2.24, 2.45) is 0 Å². The number of carboxylic acid groups (broad SMARTS) is 1. The van der Waals surface area contributed by atoms with Crippen LogP contribution in [0.1, 0.15) is 49.9 Å². The Morgan fingerprint density at radius 2 is 2.14 bits per heavy atom. The summed E-state index contributed by atoms with van der Waals surface area (Å²) in [6.07, 6.45) is 5.02. The fraction of sp³-hybridized carbons (Fsp3) is 0.471. The molecule has 1 aromatic heterocycles. The van der Waals surface area contributed by atoms with Crippen molar-refractivity contribution >= 4 is 16.9 Å². The van der Waals surface area contributed by atoms with E-state index < -0.39 is 12.0 Å². The highest BCUT2D eigenvalue weighted by Gasteiger charge is 2.32. The van der Waals surface area contributed by atoms with Crippen LogP contribution in [0, 0.1) is 0 Å². The number of H-pyrrole nitrogens is 1. The molecule has 0 saturated heterocycles. The first-order chi connectivity index (χ1) is 10.2. The largest absolute Gasteiger partial charge is 0.480 e. The van der Waals surface area contributed by atoms with Crippen LogP contribution < -0.4 is 5.32 Å². The van der Waals surface area contributed by atoms with Gasteiger partial charge in [-0.1, -0.05) is 44.4 Å². The highest BCUT2D eigenvalue weighted by atomic mass is 16.4. The Hall–Kier alpha value is -1.81. The lowest BCUT2D eigenvalue weighted by Gasteiger charge is -2.29. The summed E-state index contributed by atoms with van der Waals surface area (Å²) in [6.45, 7) is 2.18. The van der Waals surface area contributed by atoms with Gasteiger partial charge in [0, 0.05) is 29.1 Å². The Bertz CT molecular complexity index is 647. The minimum absolute atomic E-state index is 0.119. The maximum atomic E-state index is 11.4. The van der Waals surface area contributed by atoms with E-state index in [0.29, 0.717) is 6.42 Å². The molecule has 0 aliphatic carbocycles. The van der Waals surface area contributed by atoms with E-state index in [0.717, 1.165) is 18.4 Å². The molecule has 2 heterocycles. The second-order valence-electron chi connectivity index (χ2n) is 5.87. The van der Waals surface area contributed by atoms with Gasteiger partial charge in [-0.3, -0.25) is 10.1 Å². The normalized spacial score (nSPS) is 21.4. The number of fused-ring (bicyclic) bond motifs is 3. The molecule has 0 saturated carbocycles. The fourth-order valence-corrected chi connectivity index (χ4v) is 3.31. The fourth-order valence-electron chi connectivity index (χ4n) is 3.31. The Balaban J connectivity index is 1.96. The molecule has 0 amide bonds. The molecule has 2 aromatic rings. The summed E-state index contributed by atoms with van der Waals surface area (Å²) in [4.78, 5) is 14.9. The van der Waals surface area contributed by atoms with E-state index in [1.54, 1.807) is 0 Å².